The molecule has 0 N–H and O–H groups in total. The van der Waals surface area contributed by atoms with Gasteiger partial charge in [0.1, 0.15) is 6.61 Å². The zero-order chi connectivity index (χ0) is 10.2. The molecule has 4 nitrogen and oxygen atoms in total. The van der Waals surface area contributed by atoms with Gasteiger partial charge in [-0.2, -0.15) is 0 Å². The van der Waals surface area contributed by atoms with Gasteiger partial charge in [-0.3, -0.25) is 4.79 Å². The second kappa shape index (κ2) is 6.61. The molecule has 0 bridgehead atoms. The average molecular weight is 216 g/mol. The highest BCUT2D eigenvalue weighted by Crippen LogP contribution is 2.04. The Morgan fingerprint density at radius 1 is 1.43 bits per heavy atom. The largest absolute Gasteiger partial charge is 0.525 e. The first-order chi connectivity index (χ1) is 6.79. The maximum absolute atomic E-state index is 10.8. The van der Waals surface area contributed by atoms with Crippen LogP contribution < -0.4 is 0 Å². The van der Waals surface area contributed by atoms with Crippen LogP contribution in [0.3, 0.4) is 0 Å². The highest BCUT2D eigenvalue weighted by Gasteiger charge is 2.04. The third kappa shape index (κ3) is 5.03. The van der Waals surface area contributed by atoms with E-state index in [9.17, 15) is 4.79 Å². The fraction of sp³-hybridized carbons (Fsp3) is 0.667. The SMILES string of the molecule is CC(=O)C=C1OCCOCCC[SiH2]O1. The van der Waals surface area contributed by atoms with E-state index in [0.29, 0.717) is 19.2 Å². The molecular formula is C9H16O4Si. The quantitative estimate of drug-likeness (QED) is 0.469. The van der Waals surface area contributed by atoms with Gasteiger partial charge in [0.25, 0.3) is 5.95 Å². The molecule has 0 atom stereocenters. The summed E-state index contributed by atoms with van der Waals surface area (Å²) in [5, 5.41) is 0. The second-order valence-electron chi connectivity index (χ2n) is 3.09. The predicted octanol–water partition coefficient (Wildman–Crippen LogP) is 0.372. The van der Waals surface area contributed by atoms with Crippen molar-refractivity contribution >= 4 is 15.5 Å². The Hall–Kier alpha value is -0.813. The maximum Gasteiger partial charge on any atom is 0.268 e. The van der Waals surface area contributed by atoms with Gasteiger partial charge in [-0.25, -0.2) is 0 Å². The number of ether oxygens (including phenoxy) is 2. The molecule has 1 aliphatic heterocycles. The third-order valence-electron chi connectivity index (χ3n) is 1.72. The van der Waals surface area contributed by atoms with Crippen LogP contribution in [0.25, 0.3) is 0 Å². The Balaban J connectivity index is 2.42. The van der Waals surface area contributed by atoms with Gasteiger partial charge in [-0.1, -0.05) is 0 Å². The number of carbonyl (C=O) groups is 1. The summed E-state index contributed by atoms with van der Waals surface area (Å²) in [6, 6.07) is 1.05. The summed E-state index contributed by atoms with van der Waals surface area (Å²) in [5.74, 6) is 0.321. The summed E-state index contributed by atoms with van der Waals surface area (Å²) in [6.07, 6.45) is 2.44. The Labute approximate surface area is 86.2 Å². The van der Waals surface area contributed by atoms with Crippen LogP contribution in [0.15, 0.2) is 12.0 Å². The summed E-state index contributed by atoms with van der Waals surface area (Å²) >= 11 is 0. The first kappa shape index (κ1) is 11.3. The van der Waals surface area contributed by atoms with Gasteiger partial charge in [0.05, 0.1) is 12.7 Å². The van der Waals surface area contributed by atoms with Crippen molar-refractivity contribution in [1.82, 2.24) is 0 Å². The number of ketones is 1. The molecule has 5 heteroatoms. The molecule has 0 spiro atoms. The number of hydrogen-bond acceptors (Lipinski definition) is 4. The lowest BCUT2D eigenvalue weighted by Crippen LogP contribution is -2.12. The van der Waals surface area contributed by atoms with Crippen LogP contribution in [0.2, 0.25) is 6.04 Å². The van der Waals surface area contributed by atoms with Crippen LogP contribution in [0.1, 0.15) is 13.3 Å². The van der Waals surface area contributed by atoms with E-state index in [0.717, 1.165) is 19.1 Å². The molecule has 0 aliphatic carbocycles. The molecule has 1 fully saturated rings. The van der Waals surface area contributed by atoms with E-state index in [1.807, 2.05) is 0 Å². The lowest BCUT2D eigenvalue weighted by atomic mass is 10.4. The molecule has 14 heavy (non-hydrogen) atoms. The fourth-order valence-electron chi connectivity index (χ4n) is 1.07. The lowest BCUT2D eigenvalue weighted by molar-refractivity contribution is -0.113. The van der Waals surface area contributed by atoms with Crippen molar-refractivity contribution in [2.45, 2.75) is 19.4 Å². The van der Waals surface area contributed by atoms with Gasteiger partial charge < -0.3 is 13.9 Å². The zero-order valence-electron chi connectivity index (χ0n) is 8.45. The normalized spacial score (nSPS) is 23.9. The topological polar surface area (TPSA) is 44.8 Å². The van der Waals surface area contributed by atoms with Gasteiger partial charge in [0.15, 0.2) is 5.78 Å². The van der Waals surface area contributed by atoms with Crippen LogP contribution in [-0.4, -0.2) is 35.4 Å². The maximum atomic E-state index is 10.8. The molecule has 0 amide bonds. The third-order valence-corrected chi connectivity index (χ3v) is 3.00. The minimum absolute atomic E-state index is 0.0491. The van der Waals surface area contributed by atoms with E-state index in [1.54, 1.807) is 0 Å². The van der Waals surface area contributed by atoms with Gasteiger partial charge in [-0.05, 0) is 19.4 Å². The average Bonchev–Trinajstić information content (AvgIpc) is 2.15. The minimum Gasteiger partial charge on any atom is -0.525 e. The first-order valence-corrected chi connectivity index (χ1v) is 6.42. The molecule has 0 unspecified atom stereocenters. The Morgan fingerprint density at radius 2 is 2.29 bits per heavy atom. The summed E-state index contributed by atoms with van der Waals surface area (Å²) in [7, 11) is -0.602. The zero-order valence-corrected chi connectivity index (χ0v) is 9.87. The molecule has 80 valence electrons. The van der Waals surface area contributed by atoms with Crippen molar-refractivity contribution < 1.29 is 18.7 Å². The van der Waals surface area contributed by atoms with Gasteiger partial charge in [0, 0.05) is 6.61 Å². The molecule has 1 rings (SSSR count). The van der Waals surface area contributed by atoms with Gasteiger partial charge >= 0.3 is 0 Å². The van der Waals surface area contributed by atoms with Gasteiger partial charge in [-0.15, -0.1) is 0 Å². The predicted molar refractivity (Wildman–Crippen MR) is 54.6 cm³/mol. The lowest BCUT2D eigenvalue weighted by Gasteiger charge is -2.14. The van der Waals surface area contributed by atoms with Crippen molar-refractivity contribution in [3.63, 3.8) is 0 Å². The molecule has 0 aromatic rings. The summed E-state index contributed by atoms with van der Waals surface area (Å²) < 4.78 is 16.0. The molecule has 1 saturated heterocycles. The van der Waals surface area contributed by atoms with E-state index in [1.165, 1.54) is 13.0 Å². The summed E-state index contributed by atoms with van der Waals surface area (Å²) in [6.45, 7) is 3.27. The molecule has 1 heterocycles. The summed E-state index contributed by atoms with van der Waals surface area (Å²) in [4.78, 5) is 10.8. The minimum atomic E-state index is -0.602. The van der Waals surface area contributed by atoms with Crippen LogP contribution in [0, 0.1) is 0 Å². The van der Waals surface area contributed by atoms with Crippen LogP contribution in [0.5, 0.6) is 0 Å². The van der Waals surface area contributed by atoms with Crippen molar-refractivity contribution in [3.05, 3.63) is 12.0 Å². The highest BCUT2D eigenvalue weighted by atomic mass is 28.2. The van der Waals surface area contributed by atoms with Crippen molar-refractivity contribution in [2.75, 3.05) is 19.8 Å². The number of hydrogen-bond donors (Lipinski definition) is 0. The monoisotopic (exact) mass is 216 g/mol. The van der Waals surface area contributed by atoms with Crippen LogP contribution in [0.4, 0.5) is 0 Å². The van der Waals surface area contributed by atoms with Crippen molar-refractivity contribution in [1.29, 1.82) is 0 Å². The van der Waals surface area contributed by atoms with E-state index in [2.05, 4.69) is 0 Å². The van der Waals surface area contributed by atoms with E-state index in [4.69, 9.17) is 13.9 Å². The van der Waals surface area contributed by atoms with Crippen molar-refractivity contribution in [2.24, 2.45) is 0 Å². The molecule has 0 aromatic heterocycles. The van der Waals surface area contributed by atoms with Crippen LogP contribution >= 0.6 is 0 Å². The number of allylic oxidation sites excluding steroid dienone is 1. The van der Waals surface area contributed by atoms with E-state index >= 15 is 0 Å². The molecule has 0 radical (unpaired) electrons. The summed E-state index contributed by atoms with van der Waals surface area (Å²) in [5.41, 5.74) is 0. The smallest absolute Gasteiger partial charge is 0.268 e. The van der Waals surface area contributed by atoms with E-state index < -0.39 is 9.76 Å². The molecule has 0 aromatic carbocycles. The van der Waals surface area contributed by atoms with Gasteiger partial charge in [0.2, 0.25) is 9.76 Å². The Bertz CT molecular complexity index is 203. The van der Waals surface area contributed by atoms with Crippen molar-refractivity contribution in [3.8, 4) is 0 Å². The number of carbonyl (C=O) groups excluding carboxylic acids is 1. The number of rotatable bonds is 1. The first-order valence-electron chi connectivity index (χ1n) is 4.84. The Kier molecular flexibility index (Phi) is 5.32. The molecule has 0 saturated carbocycles. The highest BCUT2D eigenvalue weighted by molar-refractivity contribution is 6.27. The molecule has 1 aliphatic rings. The second-order valence-corrected chi connectivity index (χ2v) is 4.49. The Morgan fingerprint density at radius 3 is 3.07 bits per heavy atom. The van der Waals surface area contributed by atoms with Crippen LogP contribution in [-0.2, 0) is 18.7 Å². The molecular weight excluding hydrogens is 200 g/mol. The van der Waals surface area contributed by atoms with E-state index in [-0.39, 0.29) is 5.78 Å². The fourth-order valence-corrected chi connectivity index (χ4v) is 1.99. The standard InChI is InChI=1S/C9H16O4Si/c1-8(10)7-9-12-5-4-11-3-2-6-14-13-9/h7H,2-6,14H2,1H3.